The average Bonchev–Trinajstić information content (AvgIpc) is 2.67. The van der Waals surface area contributed by atoms with Crippen LogP contribution in [0, 0.1) is 13.8 Å². The first-order chi connectivity index (χ1) is 14.5. The van der Waals surface area contributed by atoms with Gasteiger partial charge in [-0.2, -0.15) is 4.57 Å². The van der Waals surface area contributed by atoms with E-state index in [0.717, 1.165) is 44.1 Å². The number of aryl methyl sites for hydroxylation is 3. The number of rotatable bonds is 2. The summed E-state index contributed by atoms with van der Waals surface area (Å²) in [5, 5.41) is 11.6. The van der Waals surface area contributed by atoms with Crippen molar-refractivity contribution in [3.05, 3.63) is 77.4 Å². The van der Waals surface area contributed by atoms with Crippen LogP contribution < -0.4 is 4.57 Å². The van der Waals surface area contributed by atoms with Crippen molar-refractivity contribution < 1.29 is 31.3 Å². The highest BCUT2D eigenvalue weighted by Gasteiger charge is 2.25. The van der Waals surface area contributed by atoms with E-state index in [-0.39, 0.29) is 0 Å². The molecule has 31 heavy (non-hydrogen) atoms. The summed E-state index contributed by atoms with van der Waals surface area (Å²) in [6.45, 7) is 4.14. The normalized spacial score (nSPS) is 11.3. The molecule has 0 unspecified atom stereocenters. The number of halogens is 1. The lowest BCUT2D eigenvalue weighted by molar-refractivity contribution is -0.617. The third-order valence-electron chi connectivity index (χ3n) is 5.15. The summed E-state index contributed by atoms with van der Waals surface area (Å²) >= 11 is 0. The van der Waals surface area contributed by atoms with Crippen LogP contribution in [-0.4, -0.2) is 24.0 Å². The van der Waals surface area contributed by atoms with Crippen molar-refractivity contribution in [2.45, 2.75) is 13.8 Å². The maximum atomic E-state index is 12.3. The summed E-state index contributed by atoms with van der Waals surface area (Å²) in [6.07, 6.45) is 0. The van der Waals surface area contributed by atoms with Crippen molar-refractivity contribution in [3.63, 3.8) is 0 Å². The summed E-state index contributed by atoms with van der Waals surface area (Å²) in [4.78, 5) is 12.3. The average molecular weight is 441 g/mol. The molecule has 0 spiro atoms. The van der Waals surface area contributed by atoms with Gasteiger partial charge in [0.2, 0.25) is 11.0 Å². The van der Waals surface area contributed by atoms with Gasteiger partial charge in [0.1, 0.15) is 7.05 Å². The fraction of sp³-hybridized carbons (Fsp3) is 0.130. The molecule has 0 saturated heterocycles. The molecule has 6 nitrogen and oxygen atoms in total. The molecular formula is C23H20FNO5S. The number of aromatic carboxylic acids is 1. The van der Waals surface area contributed by atoms with Gasteiger partial charge in [-0.3, -0.25) is 0 Å². The van der Waals surface area contributed by atoms with E-state index in [1.54, 1.807) is 0 Å². The highest BCUT2D eigenvalue weighted by molar-refractivity contribution is 7.80. The topological polar surface area (TPSA) is 98.4 Å². The van der Waals surface area contributed by atoms with Gasteiger partial charge in [-0.05, 0) is 42.2 Å². The Balaban J connectivity index is 0.000000491. The summed E-state index contributed by atoms with van der Waals surface area (Å²) in [5.74, 6) is -0.898. The number of para-hydroxylation sites is 1. The minimum Gasteiger partial charge on any atom is -0.722 e. The molecule has 0 saturated carbocycles. The van der Waals surface area contributed by atoms with E-state index in [1.807, 2.05) is 55.6 Å². The Hall–Kier alpha value is -3.36. The molecule has 0 aliphatic heterocycles. The Labute approximate surface area is 179 Å². The van der Waals surface area contributed by atoms with Crippen molar-refractivity contribution in [2.75, 3.05) is 0 Å². The maximum absolute atomic E-state index is 12.3. The second-order valence-electron chi connectivity index (χ2n) is 7.12. The molecule has 4 rings (SSSR count). The smallest absolute Gasteiger partial charge is 0.337 e. The molecule has 0 radical (unpaired) electrons. The van der Waals surface area contributed by atoms with Gasteiger partial charge in [0, 0.05) is 12.1 Å². The van der Waals surface area contributed by atoms with Crippen LogP contribution in [0.15, 0.2) is 60.7 Å². The lowest BCUT2D eigenvalue weighted by Gasteiger charge is -2.15. The predicted octanol–water partition coefficient (Wildman–Crippen LogP) is 4.22. The molecule has 0 fully saturated rings. The highest BCUT2D eigenvalue weighted by atomic mass is 32.3. The zero-order valence-corrected chi connectivity index (χ0v) is 17.9. The molecule has 0 aliphatic carbocycles. The number of hydrogen-bond acceptors (Lipinski definition) is 4. The number of carbonyl (C=O) groups is 1. The number of nitrogens with zero attached hydrogens (tertiary/aromatic N) is 1. The summed E-state index contributed by atoms with van der Waals surface area (Å²) in [7, 11) is -3.43. The molecule has 1 aromatic heterocycles. The lowest BCUT2D eigenvalue weighted by Crippen LogP contribution is -2.31. The van der Waals surface area contributed by atoms with Crippen LogP contribution in [0.1, 0.15) is 21.5 Å². The lowest BCUT2D eigenvalue weighted by atomic mass is 9.90. The van der Waals surface area contributed by atoms with Gasteiger partial charge in [-0.15, -0.1) is 3.89 Å². The van der Waals surface area contributed by atoms with Crippen molar-refractivity contribution in [1.29, 1.82) is 0 Å². The Morgan fingerprint density at radius 3 is 2.03 bits per heavy atom. The molecular weight excluding hydrogens is 421 g/mol. The number of benzene rings is 3. The van der Waals surface area contributed by atoms with E-state index in [4.69, 9.17) is 13.0 Å². The van der Waals surface area contributed by atoms with E-state index in [2.05, 4.69) is 30.5 Å². The monoisotopic (exact) mass is 441 g/mol. The van der Waals surface area contributed by atoms with Crippen LogP contribution in [0.4, 0.5) is 3.89 Å². The summed E-state index contributed by atoms with van der Waals surface area (Å²) in [6, 6.07) is 19.9. The third kappa shape index (κ3) is 4.55. The van der Waals surface area contributed by atoms with Crippen molar-refractivity contribution in [3.8, 4) is 11.1 Å². The van der Waals surface area contributed by atoms with Crippen LogP contribution >= 0.6 is 0 Å². The van der Waals surface area contributed by atoms with Gasteiger partial charge < -0.3 is 9.66 Å². The summed E-state index contributed by atoms with van der Waals surface area (Å²) < 4.78 is 37.4. The van der Waals surface area contributed by atoms with Gasteiger partial charge in [-0.25, -0.2) is 13.2 Å². The molecule has 0 aliphatic rings. The number of carboxylic acid groups (broad SMARTS) is 1. The Kier molecular flexibility index (Phi) is 6.06. The third-order valence-corrected chi connectivity index (χ3v) is 5.15. The standard InChI is InChI=1S/C23H19NO2.FHO3S/c1-14-8-6-9-15(2)20(14)17-11-7-13-19-21(17)22(23(25)26)16-10-4-5-12-18(16)24(19)3;1-5(2,3)4/h4-13H,1-3H3;(H,2,3,4). The van der Waals surface area contributed by atoms with Crippen molar-refractivity contribution in [1.82, 2.24) is 0 Å². The largest absolute Gasteiger partial charge is 0.722 e. The van der Waals surface area contributed by atoms with Crippen LogP contribution in [0.3, 0.4) is 0 Å². The van der Waals surface area contributed by atoms with E-state index in [1.165, 1.54) is 0 Å². The number of pyridine rings is 1. The first-order valence-electron chi connectivity index (χ1n) is 9.29. The Morgan fingerprint density at radius 2 is 1.45 bits per heavy atom. The molecule has 0 bridgehead atoms. The van der Waals surface area contributed by atoms with Crippen molar-refractivity contribution in [2.24, 2.45) is 7.05 Å². The molecule has 1 N–H and O–H groups in total. The molecule has 0 amide bonds. The molecule has 0 atom stereocenters. The number of aromatic nitrogens is 1. The fourth-order valence-electron chi connectivity index (χ4n) is 3.99. The van der Waals surface area contributed by atoms with Gasteiger partial charge in [-0.1, -0.05) is 42.5 Å². The number of carboxylic acids is 1. The van der Waals surface area contributed by atoms with Crippen LogP contribution in [-0.2, 0) is 17.6 Å². The highest BCUT2D eigenvalue weighted by Crippen LogP contribution is 2.36. The SMILES string of the molecule is Cc1cccc(C)c1-c1cccc2c1c(C(=O)O)c1ccccc1[n+]2C.O=S(=O)([O-])F. The van der Waals surface area contributed by atoms with E-state index >= 15 is 0 Å². The fourth-order valence-corrected chi connectivity index (χ4v) is 3.99. The van der Waals surface area contributed by atoms with Gasteiger partial charge in [0.15, 0.2) is 0 Å². The predicted molar refractivity (Wildman–Crippen MR) is 115 cm³/mol. The van der Waals surface area contributed by atoms with Crippen LogP contribution in [0.2, 0.25) is 0 Å². The molecule has 1 heterocycles. The second-order valence-corrected chi connectivity index (χ2v) is 7.90. The number of hydrogen-bond donors (Lipinski definition) is 1. The number of fused-ring (bicyclic) bond motifs is 2. The molecule has 3 aromatic carbocycles. The van der Waals surface area contributed by atoms with Gasteiger partial charge in [0.05, 0.1) is 16.3 Å². The summed E-state index contributed by atoms with van der Waals surface area (Å²) in [5.41, 5.74) is 6.56. The van der Waals surface area contributed by atoms with E-state index in [9.17, 15) is 13.8 Å². The van der Waals surface area contributed by atoms with Crippen molar-refractivity contribution >= 4 is 38.3 Å². The van der Waals surface area contributed by atoms with Gasteiger partial charge in [0.25, 0.3) is 10.5 Å². The zero-order valence-electron chi connectivity index (χ0n) is 17.1. The maximum Gasteiger partial charge on any atom is 0.337 e. The first kappa shape index (κ1) is 22.3. The zero-order chi connectivity index (χ0) is 22.9. The minimum absolute atomic E-state index is 0.368. The minimum atomic E-state index is -5.42. The van der Waals surface area contributed by atoms with E-state index in [0.29, 0.717) is 5.56 Å². The van der Waals surface area contributed by atoms with E-state index < -0.39 is 16.5 Å². The Morgan fingerprint density at radius 1 is 0.935 bits per heavy atom. The molecule has 8 heteroatoms. The van der Waals surface area contributed by atoms with Crippen LogP contribution in [0.5, 0.6) is 0 Å². The second kappa shape index (κ2) is 8.41. The molecule has 160 valence electrons. The molecule has 4 aromatic rings. The quantitative estimate of drug-likeness (QED) is 0.217. The van der Waals surface area contributed by atoms with Gasteiger partial charge >= 0.3 is 5.97 Å². The first-order valence-corrected chi connectivity index (χ1v) is 10.6. The Bertz CT molecular complexity index is 1400. The van der Waals surface area contributed by atoms with Crippen LogP contribution in [0.25, 0.3) is 32.9 Å².